The van der Waals surface area contributed by atoms with E-state index in [-0.39, 0.29) is 11.9 Å². The molecule has 1 unspecified atom stereocenters. The molecule has 1 aromatic rings. The van der Waals surface area contributed by atoms with Crippen LogP contribution in [0.1, 0.15) is 18.9 Å². The Morgan fingerprint density at radius 1 is 1.50 bits per heavy atom. The molecule has 0 amide bonds. The molecule has 1 aromatic carbocycles. The van der Waals surface area contributed by atoms with Gasteiger partial charge in [-0.25, -0.2) is 4.39 Å². The van der Waals surface area contributed by atoms with Gasteiger partial charge in [-0.05, 0) is 38.1 Å². The number of benzene rings is 1. The van der Waals surface area contributed by atoms with Crippen LogP contribution in [0.25, 0.3) is 0 Å². The normalized spacial score (nSPS) is 11.8. The van der Waals surface area contributed by atoms with Crippen molar-refractivity contribution in [2.45, 2.75) is 25.8 Å². The zero-order valence-electron chi connectivity index (χ0n) is 9.48. The molecule has 1 atom stereocenters. The van der Waals surface area contributed by atoms with Gasteiger partial charge in [0.05, 0.1) is 0 Å². The van der Waals surface area contributed by atoms with Crippen molar-refractivity contribution in [3.63, 3.8) is 0 Å². The fourth-order valence-corrected chi connectivity index (χ4v) is 1.70. The summed E-state index contributed by atoms with van der Waals surface area (Å²) < 4.78 is 12.8. The minimum absolute atomic E-state index is 0.246. The van der Waals surface area contributed by atoms with Crippen molar-refractivity contribution in [1.82, 2.24) is 5.32 Å². The van der Waals surface area contributed by atoms with E-state index in [1.807, 2.05) is 14.0 Å². The number of halogens is 2. The maximum absolute atomic E-state index is 12.8. The van der Waals surface area contributed by atoms with Crippen LogP contribution in [0.15, 0.2) is 18.2 Å². The number of nitrogens with one attached hydrogen (secondary N) is 1. The minimum atomic E-state index is -0.303. The molecule has 1 nitrogen and oxygen atoms in total. The highest BCUT2D eigenvalue weighted by Crippen LogP contribution is 2.19. The number of hydrogen-bond donors (Lipinski definition) is 1. The maximum atomic E-state index is 12.8. The van der Waals surface area contributed by atoms with Crippen LogP contribution in [0.3, 0.4) is 0 Å². The van der Waals surface area contributed by atoms with Crippen molar-refractivity contribution in [2.24, 2.45) is 0 Å². The summed E-state index contributed by atoms with van der Waals surface area (Å²) in [4.78, 5) is 0. The molecule has 86 valence electrons. The van der Waals surface area contributed by atoms with E-state index < -0.39 is 0 Å². The molecule has 0 aromatic heterocycles. The molecule has 0 saturated heterocycles. The van der Waals surface area contributed by atoms with Crippen LogP contribution in [0.5, 0.6) is 0 Å². The van der Waals surface area contributed by atoms with Crippen molar-refractivity contribution in [2.75, 3.05) is 7.05 Å². The predicted molar refractivity (Wildman–Crippen MR) is 66.0 cm³/mol. The van der Waals surface area contributed by atoms with E-state index in [0.29, 0.717) is 5.02 Å². The maximum Gasteiger partial charge on any atom is 0.124 e. The van der Waals surface area contributed by atoms with Gasteiger partial charge in [-0.3, -0.25) is 0 Å². The van der Waals surface area contributed by atoms with E-state index in [2.05, 4.69) is 17.2 Å². The van der Waals surface area contributed by atoms with Gasteiger partial charge in [-0.15, -0.1) is 11.8 Å². The summed E-state index contributed by atoms with van der Waals surface area (Å²) in [5.74, 6) is 5.58. The summed E-state index contributed by atoms with van der Waals surface area (Å²) in [6, 6.07) is 4.74. The number of likely N-dealkylation sites (N-methyl/N-ethyl adjacent to an activating group) is 1. The third-order valence-electron chi connectivity index (χ3n) is 2.41. The lowest BCUT2D eigenvalue weighted by Gasteiger charge is -2.14. The fraction of sp³-hybridized carbons (Fsp3) is 0.385. The minimum Gasteiger partial charge on any atom is -0.316 e. The van der Waals surface area contributed by atoms with Gasteiger partial charge < -0.3 is 5.32 Å². The summed E-state index contributed by atoms with van der Waals surface area (Å²) >= 11 is 5.96. The SMILES string of the molecule is CC#CCC(Cc1ccc(F)cc1Cl)NC. The lowest BCUT2D eigenvalue weighted by Crippen LogP contribution is -2.27. The van der Waals surface area contributed by atoms with Gasteiger partial charge in [-0.1, -0.05) is 17.7 Å². The van der Waals surface area contributed by atoms with Gasteiger partial charge in [-0.2, -0.15) is 0 Å². The zero-order valence-corrected chi connectivity index (χ0v) is 10.2. The molecule has 16 heavy (non-hydrogen) atoms. The Kier molecular flexibility index (Phi) is 5.31. The van der Waals surface area contributed by atoms with Crippen molar-refractivity contribution in [3.05, 3.63) is 34.6 Å². The van der Waals surface area contributed by atoms with Crippen LogP contribution < -0.4 is 5.32 Å². The van der Waals surface area contributed by atoms with Crippen molar-refractivity contribution in [1.29, 1.82) is 0 Å². The number of rotatable bonds is 4. The summed E-state index contributed by atoms with van der Waals surface area (Å²) in [7, 11) is 1.89. The van der Waals surface area contributed by atoms with Crippen LogP contribution in [0, 0.1) is 17.7 Å². The zero-order chi connectivity index (χ0) is 12.0. The van der Waals surface area contributed by atoms with E-state index in [9.17, 15) is 4.39 Å². The lowest BCUT2D eigenvalue weighted by molar-refractivity contribution is 0.571. The molecule has 0 aliphatic heterocycles. The van der Waals surface area contributed by atoms with Gasteiger partial charge in [0.1, 0.15) is 5.82 Å². The van der Waals surface area contributed by atoms with Gasteiger partial charge in [0.2, 0.25) is 0 Å². The average molecular weight is 240 g/mol. The van der Waals surface area contributed by atoms with E-state index in [1.54, 1.807) is 6.07 Å². The molecule has 0 aliphatic carbocycles. The Hall–Kier alpha value is -1.04. The Bertz CT molecular complexity index is 406. The second kappa shape index (κ2) is 6.52. The van der Waals surface area contributed by atoms with Gasteiger partial charge in [0, 0.05) is 17.5 Å². The van der Waals surface area contributed by atoms with Gasteiger partial charge >= 0.3 is 0 Å². The molecule has 0 fully saturated rings. The van der Waals surface area contributed by atoms with Gasteiger partial charge in [0.15, 0.2) is 0 Å². The predicted octanol–water partition coefficient (Wildman–Crippen LogP) is 3.02. The molecule has 1 rings (SSSR count). The lowest BCUT2D eigenvalue weighted by atomic mass is 10.0. The first-order valence-corrected chi connectivity index (χ1v) is 5.56. The van der Waals surface area contributed by atoms with Crippen molar-refractivity contribution < 1.29 is 4.39 Å². The molecular weight excluding hydrogens is 225 g/mol. The topological polar surface area (TPSA) is 12.0 Å². The Balaban J connectivity index is 2.72. The second-order valence-electron chi connectivity index (χ2n) is 3.56. The molecule has 0 spiro atoms. The highest BCUT2D eigenvalue weighted by Gasteiger charge is 2.09. The first kappa shape index (κ1) is 13.0. The Morgan fingerprint density at radius 3 is 2.81 bits per heavy atom. The molecule has 3 heteroatoms. The van der Waals surface area contributed by atoms with Crippen LogP contribution in [0.2, 0.25) is 5.02 Å². The van der Waals surface area contributed by atoms with E-state index in [1.165, 1.54) is 12.1 Å². The first-order valence-electron chi connectivity index (χ1n) is 5.18. The average Bonchev–Trinajstić information content (AvgIpc) is 2.27. The Labute approximate surface area is 101 Å². The van der Waals surface area contributed by atoms with Gasteiger partial charge in [0.25, 0.3) is 0 Å². The third kappa shape index (κ3) is 3.84. The third-order valence-corrected chi connectivity index (χ3v) is 2.77. The summed E-state index contributed by atoms with van der Waals surface area (Å²) in [5, 5.41) is 3.65. The first-order chi connectivity index (χ1) is 7.67. The molecule has 0 aliphatic rings. The van der Waals surface area contributed by atoms with Crippen molar-refractivity contribution in [3.8, 4) is 11.8 Å². The highest BCUT2D eigenvalue weighted by atomic mass is 35.5. The quantitative estimate of drug-likeness (QED) is 0.797. The highest BCUT2D eigenvalue weighted by molar-refractivity contribution is 6.31. The second-order valence-corrected chi connectivity index (χ2v) is 3.96. The standard InChI is InChI=1S/C13H15ClFN/c1-3-4-5-12(16-2)8-10-6-7-11(15)9-13(10)14/h6-7,9,12,16H,5,8H2,1-2H3. The largest absolute Gasteiger partial charge is 0.316 e. The summed E-state index contributed by atoms with van der Waals surface area (Å²) in [6.07, 6.45) is 1.52. The smallest absolute Gasteiger partial charge is 0.124 e. The van der Waals surface area contributed by atoms with Crippen molar-refractivity contribution >= 4 is 11.6 Å². The van der Waals surface area contributed by atoms with Crippen LogP contribution in [0.4, 0.5) is 4.39 Å². The molecule has 0 saturated carbocycles. The summed E-state index contributed by atoms with van der Waals surface area (Å²) in [5.41, 5.74) is 0.945. The molecule has 1 N–H and O–H groups in total. The van der Waals surface area contributed by atoms with E-state index in [4.69, 9.17) is 11.6 Å². The van der Waals surface area contributed by atoms with Crippen LogP contribution >= 0.6 is 11.6 Å². The van der Waals surface area contributed by atoms with E-state index in [0.717, 1.165) is 18.4 Å². The molecule has 0 bridgehead atoms. The fourth-order valence-electron chi connectivity index (χ4n) is 1.45. The molecule has 0 radical (unpaired) electrons. The van der Waals surface area contributed by atoms with E-state index >= 15 is 0 Å². The number of hydrogen-bond acceptors (Lipinski definition) is 1. The summed E-state index contributed by atoms with van der Waals surface area (Å²) in [6.45, 7) is 1.82. The van der Waals surface area contributed by atoms with Crippen LogP contribution in [-0.2, 0) is 6.42 Å². The monoisotopic (exact) mass is 239 g/mol. The Morgan fingerprint density at radius 2 is 2.25 bits per heavy atom. The van der Waals surface area contributed by atoms with Crippen LogP contribution in [-0.4, -0.2) is 13.1 Å². The molecular formula is C13H15ClFN. The molecule has 0 heterocycles.